The second-order valence-corrected chi connectivity index (χ2v) is 12.5. The van der Waals surface area contributed by atoms with Crippen LogP contribution in [-0.2, 0) is 17.4 Å². The number of aromatic nitrogens is 2. The van der Waals surface area contributed by atoms with E-state index in [-0.39, 0.29) is 10.8 Å². The molecule has 0 radical (unpaired) electrons. The summed E-state index contributed by atoms with van der Waals surface area (Å²) in [6, 6.07) is 6.80. The maximum atomic E-state index is 11.0. The van der Waals surface area contributed by atoms with Gasteiger partial charge in [0, 0.05) is 45.0 Å². The Balaban J connectivity index is 1.43. The van der Waals surface area contributed by atoms with Crippen LogP contribution in [0.5, 0.6) is 5.75 Å². The van der Waals surface area contributed by atoms with E-state index in [1.807, 2.05) is 12.3 Å². The second kappa shape index (κ2) is 10.3. The van der Waals surface area contributed by atoms with Gasteiger partial charge in [0.1, 0.15) is 11.6 Å². The zero-order chi connectivity index (χ0) is 25.2. The van der Waals surface area contributed by atoms with E-state index >= 15 is 0 Å². The molecule has 2 aliphatic rings. The first-order chi connectivity index (χ1) is 16.5. The lowest BCUT2D eigenvalue weighted by Gasteiger charge is -2.29. The van der Waals surface area contributed by atoms with Crippen molar-refractivity contribution in [1.29, 1.82) is 0 Å². The Morgan fingerprint density at radius 3 is 2.17 bits per heavy atom. The molecule has 2 aliphatic heterocycles. The highest BCUT2D eigenvalue weighted by Crippen LogP contribution is 2.40. The predicted molar refractivity (Wildman–Crippen MR) is 146 cm³/mol. The maximum Gasteiger partial charge on any atom is 0.224 e. The molecule has 0 saturated carbocycles. The van der Waals surface area contributed by atoms with Crippen molar-refractivity contribution in [2.45, 2.75) is 97.1 Å². The molecule has 0 aliphatic carbocycles. The van der Waals surface area contributed by atoms with Crippen LogP contribution < -0.4 is 10.2 Å². The van der Waals surface area contributed by atoms with E-state index in [2.05, 4.69) is 73.8 Å². The van der Waals surface area contributed by atoms with Gasteiger partial charge >= 0.3 is 0 Å². The molecule has 1 aromatic heterocycles. The zero-order valence-corrected chi connectivity index (χ0v) is 22.7. The summed E-state index contributed by atoms with van der Waals surface area (Å²) in [6.07, 6.45) is 8.10. The average Bonchev–Trinajstić information content (AvgIpc) is 3.03. The van der Waals surface area contributed by atoms with Crippen molar-refractivity contribution >= 4 is 11.8 Å². The summed E-state index contributed by atoms with van der Waals surface area (Å²) < 4.78 is 0. The number of hydrogen-bond donors (Lipinski definition) is 2. The number of phenols is 1. The van der Waals surface area contributed by atoms with Gasteiger partial charge in [0.2, 0.25) is 5.95 Å². The molecule has 2 N–H and O–H groups in total. The maximum absolute atomic E-state index is 11.0. The Bertz CT molecular complexity index is 964. The molecule has 2 aromatic rings. The summed E-state index contributed by atoms with van der Waals surface area (Å²) in [6.45, 7) is 18.1. The van der Waals surface area contributed by atoms with Crippen molar-refractivity contribution < 1.29 is 5.11 Å². The van der Waals surface area contributed by atoms with Gasteiger partial charge in [-0.05, 0) is 52.8 Å². The Hall–Kier alpha value is -2.34. The van der Waals surface area contributed by atoms with Crippen LogP contribution in [0, 0.1) is 0 Å². The Kier molecular flexibility index (Phi) is 7.60. The van der Waals surface area contributed by atoms with E-state index in [4.69, 9.17) is 4.98 Å². The lowest BCUT2D eigenvalue weighted by Crippen LogP contribution is -2.28. The Labute approximate surface area is 212 Å². The molecule has 3 heterocycles. The van der Waals surface area contributed by atoms with Crippen LogP contribution >= 0.6 is 0 Å². The summed E-state index contributed by atoms with van der Waals surface area (Å²) in [5, 5.41) is 14.6. The first-order valence-corrected chi connectivity index (χ1v) is 13.4. The molecule has 0 amide bonds. The molecule has 0 bridgehead atoms. The smallest absolute Gasteiger partial charge is 0.224 e. The normalized spacial score (nSPS) is 20.2. The minimum Gasteiger partial charge on any atom is -0.507 e. The fraction of sp³-hybridized carbons (Fsp3) is 0.655. The minimum atomic E-state index is -0.106. The third kappa shape index (κ3) is 6.46. The molecule has 0 spiro atoms. The van der Waals surface area contributed by atoms with Crippen molar-refractivity contribution in [2.24, 2.45) is 0 Å². The fourth-order valence-electron chi connectivity index (χ4n) is 5.36. The molecule has 2 fully saturated rings. The number of anilines is 2. The summed E-state index contributed by atoms with van der Waals surface area (Å²) >= 11 is 0. The highest BCUT2D eigenvalue weighted by molar-refractivity contribution is 5.50. The molecular weight excluding hydrogens is 434 g/mol. The number of hydrogen-bond acceptors (Lipinski definition) is 6. The molecule has 192 valence electrons. The third-order valence-electron chi connectivity index (χ3n) is 7.37. The van der Waals surface area contributed by atoms with Gasteiger partial charge in [0.15, 0.2) is 0 Å². The largest absolute Gasteiger partial charge is 0.507 e. The number of aromatic hydroxyl groups is 1. The van der Waals surface area contributed by atoms with Crippen molar-refractivity contribution in [2.75, 3.05) is 36.4 Å². The summed E-state index contributed by atoms with van der Waals surface area (Å²) in [5.41, 5.74) is 3.13. The van der Waals surface area contributed by atoms with Crippen LogP contribution in [0.4, 0.5) is 11.8 Å². The monoisotopic (exact) mass is 479 g/mol. The quantitative estimate of drug-likeness (QED) is 0.561. The van der Waals surface area contributed by atoms with E-state index in [0.717, 1.165) is 62.0 Å². The summed E-state index contributed by atoms with van der Waals surface area (Å²) in [7, 11) is 0. The second-order valence-electron chi connectivity index (χ2n) is 12.5. The number of nitrogens with zero attached hydrogens (tertiary/aromatic N) is 4. The van der Waals surface area contributed by atoms with Gasteiger partial charge in [-0.15, -0.1) is 0 Å². The highest BCUT2D eigenvalue weighted by Gasteiger charge is 2.28. The van der Waals surface area contributed by atoms with Crippen LogP contribution in [-0.4, -0.2) is 52.2 Å². The van der Waals surface area contributed by atoms with Crippen molar-refractivity contribution in [3.05, 3.63) is 41.1 Å². The minimum absolute atomic E-state index is 0.106. The van der Waals surface area contributed by atoms with Crippen molar-refractivity contribution in [1.82, 2.24) is 14.9 Å². The van der Waals surface area contributed by atoms with E-state index in [1.54, 1.807) is 0 Å². The van der Waals surface area contributed by atoms with Crippen LogP contribution in [0.25, 0.3) is 0 Å². The molecule has 1 unspecified atom stereocenters. The standard InChI is InChI=1S/C29H45N5O/c1-28(2,3)23-17-21(18-24(26(23)35)29(4,5)6)19-33-16-12-22(20-33)31-27-30-13-11-25(32-27)34-14-9-7-8-10-15-34/h11,13,17-18,22,35H,7-10,12,14-16,19-20H2,1-6H3,(H,30,31,32). The lowest BCUT2D eigenvalue weighted by molar-refractivity contribution is 0.327. The van der Waals surface area contributed by atoms with E-state index in [0.29, 0.717) is 11.8 Å². The Morgan fingerprint density at radius 2 is 1.57 bits per heavy atom. The fourth-order valence-corrected chi connectivity index (χ4v) is 5.36. The van der Waals surface area contributed by atoms with Crippen LogP contribution in [0.1, 0.15) is 90.3 Å². The molecular formula is C29H45N5O. The number of phenolic OH excluding ortho intramolecular Hbond substituents is 1. The first kappa shape index (κ1) is 25.7. The lowest BCUT2D eigenvalue weighted by atomic mass is 9.78. The van der Waals surface area contributed by atoms with Gasteiger partial charge in [-0.25, -0.2) is 4.98 Å². The Morgan fingerprint density at radius 1 is 0.943 bits per heavy atom. The first-order valence-electron chi connectivity index (χ1n) is 13.4. The molecule has 6 heteroatoms. The van der Waals surface area contributed by atoms with Crippen LogP contribution in [0.2, 0.25) is 0 Å². The SMILES string of the molecule is CC(C)(C)c1cc(CN2CCC(Nc3nccc(N4CCCCCC4)n3)C2)cc(C(C)(C)C)c1O. The third-order valence-corrected chi connectivity index (χ3v) is 7.37. The van der Waals surface area contributed by atoms with Gasteiger partial charge in [-0.1, -0.05) is 66.5 Å². The van der Waals surface area contributed by atoms with Gasteiger partial charge in [0.25, 0.3) is 0 Å². The van der Waals surface area contributed by atoms with E-state index in [1.165, 1.54) is 31.2 Å². The van der Waals surface area contributed by atoms with Gasteiger partial charge in [0.05, 0.1) is 0 Å². The van der Waals surface area contributed by atoms with Crippen molar-refractivity contribution in [3.63, 3.8) is 0 Å². The highest BCUT2D eigenvalue weighted by atomic mass is 16.3. The van der Waals surface area contributed by atoms with Crippen LogP contribution in [0.3, 0.4) is 0 Å². The molecule has 6 nitrogen and oxygen atoms in total. The zero-order valence-electron chi connectivity index (χ0n) is 22.7. The van der Waals surface area contributed by atoms with Crippen molar-refractivity contribution in [3.8, 4) is 5.75 Å². The van der Waals surface area contributed by atoms with E-state index in [9.17, 15) is 5.11 Å². The molecule has 1 aromatic carbocycles. The number of rotatable bonds is 5. The average molecular weight is 480 g/mol. The number of likely N-dealkylation sites (tertiary alicyclic amines) is 1. The summed E-state index contributed by atoms with van der Waals surface area (Å²) in [4.78, 5) is 14.3. The summed E-state index contributed by atoms with van der Waals surface area (Å²) in [5.74, 6) is 2.25. The topological polar surface area (TPSA) is 64.5 Å². The van der Waals surface area contributed by atoms with Gasteiger partial charge in [-0.2, -0.15) is 4.98 Å². The number of benzene rings is 1. The molecule has 35 heavy (non-hydrogen) atoms. The molecule has 4 rings (SSSR count). The van der Waals surface area contributed by atoms with Gasteiger partial charge < -0.3 is 15.3 Å². The number of nitrogens with one attached hydrogen (secondary N) is 1. The predicted octanol–water partition coefficient (Wildman–Crippen LogP) is 5.84. The van der Waals surface area contributed by atoms with Gasteiger partial charge in [-0.3, -0.25) is 4.90 Å². The molecule has 1 atom stereocenters. The molecule has 2 saturated heterocycles. The van der Waals surface area contributed by atoms with Crippen LogP contribution in [0.15, 0.2) is 24.4 Å². The van der Waals surface area contributed by atoms with E-state index < -0.39 is 0 Å².